The van der Waals surface area contributed by atoms with Crippen LogP contribution < -0.4 is 4.90 Å². The van der Waals surface area contributed by atoms with Gasteiger partial charge in [0.1, 0.15) is 11.6 Å². The van der Waals surface area contributed by atoms with Gasteiger partial charge in [0.05, 0.1) is 28.6 Å². The minimum Gasteiger partial charge on any atom is -0.396 e. The van der Waals surface area contributed by atoms with Gasteiger partial charge in [0.15, 0.2) is 0 Å². The Labute approximate surface area is 242 Å². The van der Waals surface area contributed by atoms with Crippen LogP contribution in [0.2, 0.25) is 5.02 Å². The van der Waals surface area contributed by atoms with E-state index in [2.05, 4.69) is 13.2 Å². The lowest BCUT2D eigenvalue weighted by atomic mass is 9.70. The zero-order valence-electron chi connectivity index (χ0n) is 23.7. The number of anilines is 1. The van der Waals surface area contributed by atoms with Crippen molar-refractivity contribution in [3.63, 3.8) is 0 Å². The predicted molar refractivity (Wildman–Crippen MR) is 156 cm³/mol. The van der Waals surface area contributed by atoms with E-state index < -0.39 is 29.6 Å². The van der Waals surface area contributed by atoms with E-state index in [1.807, 2.05) is 26.0 Å². The van der Waals surface area contributed by atoms with Gasteiger partial charge in [0.2, 0.25) is 11.8 Å². The molecule has 2 bridgehead atoms. The van der Waals surface area contributed by atoms with E-state index in [1.165, 1.54) is 0 Å². The van der Waals surface area contributed by atoms with Gasteiger partial charge in [-0.15, -0.1) is 13.2 Å². The summed E-state index contributed by atoms with van der Waals surface area (Å²) in [4.78, 5) is 47.8. The lowest BCUT2D eigenvalue weighted by molar-refractivity contribution is -0.145. The summed E-state index contributed by atoms with van der Waals surface area (Å²) in [6, 6.07) is 4.58. The van der Waals surface area contributed by atoms with Gasteiger partial charge in [-0.2, -0.15) is 0 Å². The standard InChI is InChI=1S/C31H42ClN3O5/c1-5-16-33(17-6-2)28(37)24-23-14-15-31(40-23)25(24)29(38)35(19-9-8-10-20-36)27(31)30(39)34(18-7-3)26-21(4)12-11-13-22(26)32/h5,7,11-13,23-25,27,36H,1,3,6,8-10,14-20H2,2,4H3/t23-,24+,25+,27?,31?/m1/s1. The van der Waals surface area contributed by atoms with Gasteiger partial charge < -0.3 is 24.5 Å². The number of fused-ring (bicyclic) bond motifs is 1. The van der Waals surface area contributed by atoms with Crippen LogP contribution in [0.25, 0.3) is 0 Å². The fourth-order valence-corrected chi connectivity index (χ4v) is 7.31. The van der Waals surface area contributed by atoms with Crippen molar-refractivity contribution in [1.29, 1.82) is 0 Å². The van der Waals surface area contributed by atoms with Gasteiger partial charge in [0.25, 0.3) is 5.91 Å². The lowest BCUT2D eigenvalue weighted by Gasteiger charge is -2.37. The average molecular weight is 572 g/mol. The van der Waals surface area contributed by atoms with Crippen LogP contribution in [-0.4, -0.2) is 83.2 Å². The summed E-state index contributed by atoms with van der Waals surface area (Å²) in [7, 11) is 0. The first kappa shape index (κ1) is 30.3. The van der Waals surface area contributed by atoms with Crippen molar-refractivity contribution in [3.8, 4) is 0 Å². The van der Waals surface area contributed by atoms with Gasteiger partial charge in [0, 0.05) is 32.8 Å². The first-order valence-corrected chi connectivity index (χ1v) is 14.8. The third-order valence-electron chi connectivity index (χ3n) is 8.57. The van der Waals surface area contributed by atoms with E-state index in [0.29, 0.717) is 62.4 Å². The molecule has 0 radical (unpaired) electrons. The first-order valence-electron chi connectivity index (χ1n) is 14.4. The molecule has 1 aromatic rings. The molecule has 0 saturated carbocycles. The third-order valence-corrected chi connectivity index (χ3v) is 8.87. The maximum absolute atomic E-state index is 14.6. The van der Waals surface area contributed by atoms with Crippen LogP contribution in [0.4, 0.5) is 5.69 Å². The molecule has 9 heteroatoms. The second-order valence-electron chi connectivity index (χ2n) is 11.1. The number of aliphatic hydroxyl groups excluding tert-OH is 1. The molecule has 3 saturated heterocycles. The summed E-state index contributed by atoms with van der Waals surface area (Å²) >= 11 is 6.62. The number of unbranched alkanes of at least 4 members (excludes halogenated alkanes) is 2. The Bertz CT molecular complexity index is 1120. The highest BCUT2D eigenvalue weighted by molar-refractivity contribution is 6.34. The van der Waals surface area contributed by atoms with Gasteiger partial charge >= 0.3 is 0 Å². The Morgan fingerprint density at radius 3 is 2.60 bits per heavy atom. The molecule has 3 fully saturated rings. The van der Waals surface area contributed by atoms with Gasteiger partial charge in [-0.3, -0.25) is 14.4 Å². The molecule has 3 amide bonds. The van der Waals surface area contributed by atoms with Crippen LogP contribution in [0.15, 0.2) is 43.5 Å². The molecule has 218 valence electrons. The number of aryl methyl sites for hydroxylation is 1. The Morgan fingerprint density at radius 1 is 1.20 bits per heavy atom. The van der Waals surface area contributed by atoms with Crippen molar-refractivity contribution in [2.24, 2.45) is 11.8 Å². The molecular weight excluding hydrogens is 530 g/mol. The smallest absolute Gasteiger partial charge is 0.253 e. The van der Waals surface area contributed by atoms with Crippen molar-refractivity contribution in [3.05, 3.63) is 54.1 Å². The number of ether oxygens (including phenoxy) is 1. The molecule has 8 nitrogen and oxygen atoms in total. The van der Waals surface area contributed by atoms with E-state index in [9.17, 15) is 19.5 Å². The molecule has 3 aliphatic rings. The Kier molecular flexibility index (Phi) is 9.75. The third kappa shape index (κ3) is 5.21. The predicted octanol–water partition coefficient (Wildman–Crippen LogP) is 4.13. The summed E-state index contributed by atoms with van der Waals surface area (Å²) in [5.74, 6) is -1.95. The summed E-state index contributed by atoms with van der Waals surface area (Å²) in [5, 5.41) is 9.72. The van der Waals surface area contributed by atoms with E-state index >= 15 is 0 Å². The average Bonchev–Trinajstić information content (AvgIpc) is 3.57. The van der Waals surface area contributed by atoms with Gasteiger partial charge in [-0.25, -0.2) is 0 Å². The van der Waals surface area contributed by atoms with Crippen LogP contribution >= 0.6 is 11.6 Å². The molecule has 40 heavy (non-hydrogen) atoms. The summed E-state index contributed by atoms with van der Waals surface area (Å²) < 4.78 is 6.63. The van der Waals surface area contributed by atoms with Crippen molar-refractivity contribution in [2.75, 3.05) is 37.7 Å². The second kappa shape index (κ2) is 12.9. The monoisotopic (exact) mass is 571 g/mol. The highest BCUT2D eigenvalue weighted by atomic mass is 35.5. The van der Waals surface area contributed by atoms with Crippen molar-refractivity contribution in [2.45, 2.75) is 70.1 Å². The molecule has 1 spiro atoms. The number of carbonyl (C=O) groups excluding carboxylic acids is 3. The number of aliphatic hydroxyl groups is 1. The number of nitrogens with zero attached hydrogens (tertiary/aromatic N) is 3. The molecule has 2 unspecified atom stereocenters. The van der Waals surface area contributed by atoms with Gasteiger partial charge in [-0.05, 0) is 57.1 Å². The number of carbonyl (C=O) groups is 3. The van der Waals surface area contributed by atoms with Crippen molar-refractivity contribution >= 4 is 35.0 Å². The molecule has 1 aromatic carbocycles. The first-order chi connectivity index (χ1) is 19.3. The molecule has 1 N–H and O–H groups in total. The maximum Gasteiger partial charge on any atom is 0.253 e. The number of amides is 3. The van der Waals surface area contributed by atoms with Crippen LogP contribution in [0.3, 0.4) is 0 Å². The fourth-order valence-electron chi connectivity index (χ4n) is 6.99. The van der Waals surface area contributed by atoms with Crippen LogP contribution in [0.5, 0.6) is 0 Å². The minimum atomic E-state index is -1.09. The Balaban J connectivity index is 1.76. The molecule has 3 aliphatic heterocycles. The number of hydrogen-bond donors (Lipinski definition) is 1. The zero-order chi connectivity index (χ0) is 29.0. The zero-order valence-corrected chi connectivity index (χ0v) is 24.4. The molecule has 3 heterocycles. The summed E-state index contributed by atoms with van der Waals surface area (Å²) in [6.45, 7) is 13.2. The van der Waals surface area contributed by atoms with E-state index in [-0.39, 0.29) is 30.9 Å². The lowest BCUT2D eigenvalue weighted by Crippen LogP contribution is -2.56. The number of likely N-dealkylation sites (tertiary alicyclic amines) is 1. The maximum atomic E-state index is 14.6. The molecule has 0 aliphatic carbocycles. The highest BCUT2D eigenvalue weighted by Crippen LogP contribution is 2.59. The molecular formula is C31H42ClN3O5. The second-order valence-corrected chi connectivity index (χ2v) is 11.5. The van der Waals surface area contributed by atoms with Crippen molar-refractivity contribution < 1.29 is 24.2 Å². The topological polar surface area (TPSA) is 90.4 Å². The SMILES string of the molecule is C=CCN(CCC)C(=O)[C@@H]1[C@H]2C(=O)N(CCCCCO)C(C(=O)N(CC=C)c3c(C)cccc3Cl)C23CC[C@H]1O3. The number of halogens is 1. The Hall–Kier alpha value is -2.68. The largest absolute Gasteiger partial charge is 0.396 e. The molecule has 4 rings (SSSR count). The number of hydrogen-bond acceptors (Lipinski definition) is 5. The highest BCUT2D eigenvalue weighted by Gasteiger charge is 2.74. The molecule has 0 aromatic heterocycles. The van der Waals surface area contributed by atoms with E-state index in [1.54, 1.807) is 32.9 Å². The minimum absolute atomic E-state index is 0.0691. The number of para-hydroxylation sites is 1. The fraction of sp³-hybridized carbons (Fsp3) is 0.581. The quantitative estimate of drug-likeness (QED) is 0.268. The van der Waals surface area contributed by atoms with E-state index in [4.69, 9.17) is 16.3 Å². The Morgan fingerprint density at radius 2 is 1.95 bits per heavy atom. The molecule has 5 atom stereocenters. The number of rotatable bonds is 14. The normalized spacial score (nSPS) is 26.6. The van der Waals surface area contributed by atoms with Crippen LogP contribution in [0.1, 0.15) is 51.0 Å². The summed E-state index contributed by atoms with van der Waals surface area (Å²) in [6.07, 6.45) is 6.83. The van der Waals surface area contributed by atoms with Crippen LogP contribution in [-0.2, 0) is 19.1 Å². The van der Waals surface area contributed by atoms with Crippen LogP contribution in [0, 0.1) is 18.8 Å². The number of benzene rings is 1. The van der Waals surface area contributed by atoms with Crippen molar-refractivity contribution in [1.82, 2.24) is 9.80 Å². The van der Waals surface area contributed by atoms with Gasteiger partial charge in [-0.1, -0.05) is 42.8 Å². The van der Waals surface area contributed by atoms with E-state index in [0.717, 1.165) is 12.0 Å². The summed E-state index contributed by atoms with van der Waals surface area (Å²) in [5.41, 5.74) is 0.332.